The quantitative estimate of drug-likeness (QED) is 0.544. The van der Waals surface area contributed by atoms with Gasteiger partial charge in [0.15, 0.2) is 11.5 Å². The topological polar surface area (TPSA) is 123 Å². The minimum Gasteiger partial charge on any atom is -0.382 e. The first kappa shape index (κ1) is 21.2. The molecule has 29 heavy (non-hydrogen) atoms. The first-order chi connectivity index (χ1) is 13.8. The molecule has 0 aliphatic rings. The summed E-state index contributed by atoms with van der Waals surface area (Å²) in [7, 11) is 0.646. The number of imidazole rings is 1. The summed E-state index contributed by atoms with van der Waals surface area (Å²) < 4.78 is 11.5. The number of rotatable bonds is 5. The first-order valence-electron chi connectivity index (χ1n) is 8.99. The van der Waals surface area contributed by atoms with Gasteiger partial charge in [0, 0.05) is 23.8 Å². The molecular formula is C18H22BrN7O2S. The number of nitrogens with zero attached hydrogens (tertiary/aromatic N) is 5. The van der Waals surface area contributed by atoms with Crippen LogP contribution in [0.1, 0.15) is 19.4 Å². The van der Waals surface area contributed by atoms with Crippen molar-refractivity contribution >= 4 is 49.6 Å². The fourth-order valence-corrected chi connectivity index (χ4v) is 3.71. The Balaban J connectivity index is 2.30. The third-order valence-corrected chi connectivity index (χ3v) is 6.26. The predicted molar refractivity (Wildman–Crippen MR) is 117 cm³/mol. The molecule has 0 unspecified atom stereocenters. The minimum absolute atomic E-state index is 0.0210. The zero-order valence-corrected chi connectivity index (χ0v) is 18.7. The predicted octanol–water partition coefficient (Wildman–Crippen LogP) is 2.67. The van der Waals surface area contributed by atoms with Gasteiger partial charge < -0.3 is 10.6 Å². The van der Waals surface area contributed by atoms with Crippen LogP contribution in [0.25, 0.3) is 11.2 Å². The number of nitrogens with two attached hydrogens (primary N) is 1. The van der Waals surface area contributed by atoms with Crippen LogP contribution in [0.2, 0.25) is 0 Å². The molecule has 1 aromatic carbocycles. The average Bonchev–Trinajstić information content (AvgIpc) is 2.99. The van der Waals surface area contributed by atoms with E-state index < -0.39 is 22.4 Å². The van der Waals surface area contributed by atoms with Gasteiger partial charge in [0.25, 0.3) is 0 Å². The Labute approximate surface area is 178 Å². The molecule has 0 fully saturated rings. The van der Waals surface area contributed by atoms with Crippen LogP contribution in [0.4, 0.5) is 10.6 Å². The minimum atomic E-state index is -0.961. The Bertz CT molecular complexity index is 1150. The van der Waals surface area contributed by atoms with Crippen LogP contribution in [0.3, 0.4) is 0 Å². The third kappa shape index (κ3) is 3.97. The van der Waals surface area contributed by atoms with Crippen LogP contribution >= 0.6 is 15.9 Å². The Morgan fingerprint density at radius 3 is 2.52 bits per heavy atom. The molecule has 0 saturated heterocycles. The van der Waals surface area contributed by atoms with E-state index >= 15 is 0 Å². The number of carbonyl (C=O) groups is 1. The molecule has 0 spiro atoms. The number of aromatic nitrogens is 4. The second kappa shape index (κ2) is 8.46. The maximum atomic E-state index is 13.2. The molecular weight excluding hydrogens is 458 g/mol. The van der Waals surface area contributed by atoms with Gasteiger partial charge in [-0.2, -0.15) is 0 Å². The van der Waals surface area contributed by atoms with E-state index in [2.05, 4.69) is 25.9 Å². The smallest absolute Gasteiger partial charge is 0.339 e. The van der Waals surface area contributed by atoms with E-state index in [9.17, 15) is 9.59 Å². The number of carbonyl (C=O) groups excluding carboxylic acids is 1. The number of fused-ring (bicyclic) bond motifs is 1. The van der Waals surface area contributed by atoms with Crippen molar-refractivity contribution in [1.82, 2.24) is 24.0 Å². The molecule has 3 rings (SSSR count). The lowest BCUT2D eigenvalue weighted by Crippen LogP contribution is -2.38. The second-order valence-electron chi connectivity index (χ2n) is 6.37. The van der Waals surface area contributed by atoms with Gasteiger partial charge >= 0.3 is 11.7 Å². The number of hydrogen-bond donors (Lipinski definition) is 2. The van der Waals surface area contributed by atoms with Gasteiger partial charge in [-0.05, 0) is 35.3 Å². The van der Waals surface area contributed by atoms with Gasteiger partial charge in [-0.3, -0.25) is 9.35 Å². The number of nitrogen functional groups attached to an aromatic ring is 1. The van der Waals surface area contributed by atoms with Gasteiger partial charge in [-0.15, -0.1) is 0 Å². The zero-order chi connectivity index (χ0) is 21.3. The number of halogens is 1. The molecule has 1 amide bonds. The highest BCUT2D eigenvalue weighted by Gasteiger charge is 2.25. The summed E-state index contributed by atoms with van der Waals surface area (Å²) >= 11 is 3.40. The molecule has 0 aliphatic heterocycles. The summed E-state index contributed by atoms with van der Waals surface area (Å²) in [6.45, 7) is 4.32. The normalized spacial score (nSPS) is 12.3. The number of anilines is 1. The molecule has 0 aliphatic carbocycles. The van der Waals surface area contributed by atoms with Crippen LogP contribution < -0.4 is 11.4 Å². The fourth-order valence-electron chi connectivity index (χ4n) is 2.79. The van der Waals surface area contributed by atoms with Crippen LogP contribution in [0, 0.1) is 4.78 Å². The summed E-state index contributed by atoms with van der Waals surface area (Å²) in [4.78, 5) is 36.2. The van der Waals surface area contributed by atoms with E-state index in [1.165, 1.54) is 9.47 Å². The first-order valence-corrected chi connectivity index (χ1v) is 11.2. The summed E-state index contributed by atoms with van der Waals surface area (Å²) in [5.74, 6) is 0.549. The maximum Gasteiger partial charge on any atom is 0.339 e. The number of hydrogen-bond acceptors (Lipinski definition) is 6. The summed E-state index contributed by atoms with van der Waals surface area (Å²) in [6.07, 6.45) is 0. The highest BCUT2D eigenvalue weighted by molar-refractivity contribution is 9.10. The van der Waals surface area contributed by atoms with E-state index in [1.54, 1.807) is 7.05 Å². The van der Waals surface area contributed by atoms with Crippen LogP contribution in [-0.4, -0.2) is 49.4 Å². The van der Waals surface area contributed by atoms with Crippen molar-refractivity contribution in [2.24, 2.45) is 0 Å². The standard InChI is InChI=1S/C18H22BrN7O2S/c1-4-24(3)17(27)26-13-14(20)22-16(29(21)5-2)23-15(13)25(18(26)28)10-11-6-8-12(19)9-7-11/h6-9,21H,4-5,10H2,1-3H3,(H2,20,22,23)/t29-/m0/s1. The van der Waals surface area contributed by atoms with Crippen molar-refractivity contribution in [2.75, 3.05) is 25.1 Å². The van der Waals surface area contributed by atoms with Crippen molar-refractivity contribution < 1.29 is 4.79 Å². The molecule has 2 aromatic heterocycles. The van der Waals surface area contributed by atoms with Gasteiger partial charge in [0.1, 0.15) is 5.52 Å². The summed E-state index contributed by atoms with van der Waals surface area (Å²) in [5, 5.41) is 0.260. The zero-order valence-electron chi connectivity index (χ0n) is 16.3. The number of amides is 1. The van der Waals surface area contributed by atoms with Gasteiger partial charge in [-0.1, -0.05) is 35.0 Å². The average molecular weight is 480 g/mol. The lowest BCUT2D eigenvalue weighted by Gasteiger charge is -2.14. The SMILES string of the molecule is CCN(C)C(=O)n1c(=O)n(Cc2ccc(Br)cc2)c2nc([S@@](=N)CC)nc(N)c21. The molecule has 1 atom stereocenters. The lowest BCUT2D eigenvalue weighted by atomic mass is 10.2. The van der Waals surface area contributed by atoms with E-state index in [0.29, 0.717) is 12.3 Å². The van der Waals surface area contributed by atoms with Gasteiger partial charge in [-0.25, -0.2) is 24.1 Å². The van der Waals surface area contributed by atoms with Crippen molar-refractivity contribution in [2.45, 2.75) is 25.5 Å². The van der Waals surface area contributed by atoms with Crippen molar-refractivity contribution in [1.29, 1.82) is 4.78 Å². The molecule has 3 N–H and O–H groups in total. The molecule has 154 valence electrons. The monoisotopic (exact) mass is 479 g/mol. The van der Waals surface area contributed by atoms with E-state index in [-0.39, 0.29) is 28.7 Å². The lowest BCUT2D eigenvalue weighted by molar-refractivity contribution is 0.212. The van der Waals surface area contributed by atoms with Crippen LogP contribution in [0.5, 0.6) is 0 Å². The molecule has 0 bridgehead atoms. The molecule has 0 radical (unpaired) electrons. The van der Waals surface area contributed by atoms with Crippen molar-refractivity contribution in [3.8, 4) is 0 Å². The van der Waals surface area contributed by atoms with E-state index in [4.69, 9.17) is 10.5 Å². The Morgan fingerprint density at radius 1 is 1.28 bits per heavy atom. The highest BCUT2D eigenvalue weighted by atomic mass is 79.9. The Hall–Kier alpha value is -2.53. The summed E-state index contributed by atoms with van der Waals surface area (Å²) in [6, 6.07) is 7.02. The molecule has 3 aromatic rings. The Kier molecular flexibility index (Phi) is 6.18. The van der Waals surface area contributed by atoms with Crippen molar-refractivity contribution in [3.63, 3.8) is 0 Å². The molecule has 9 nitrogen and oxygen atoms in total. The number of benzene rings is 1. The summed E-state index contributed by atoms with van der Waals surface area (Å²) in [5.41, 5.74) is 6.91. The highest BCUT2D eigenvalue weighted by Crippen LogP contribution is 2.21. The second-order valence-corrected chi connectivity index (χ2v) is 9.01. The maximum absolute atomic E-state index is 13.2. The molecule has 0 saturated carbocycles. The van der Waals surface area contributed by atoms with E-state index in [0.717, 1.165) is 14.6 Å². The van der Waals surface area contributed by atoms with Gasteiger partial charge in [0.05, 0.1) is 6.54 Å². The van der Waals surface area contributed by atoms with Crippen LogP contribution in [0.15, 0.2) is 38.7 Å². The fraction of sp³-hybridized carbons (Fsp3) is 0.333. The molecule has 2 heterocycles. The largest absolute Gasteiger partial charge is 0.382 e. The molecule has 11 heteroatoms. The van der Waals surface area contributed by atoms with E-state index in [1.807, 2.05) is 38.1 Å². The Morgan fingerprint density at radius 2 is 1.93 bits per heavy atom. The van der Waals surface area contributed by atoms with Crippen LogP contribution in [-0.2, 0) is 17.2 Å². The third-order valence-electron chi connectivity index (χ3n) is 4.53. The number of nitrogens with one attached hydrogen (secondary N) is 1. The van der Waals surface area contributed by atoms with Gasteiger partial charge in [0.2, 0.25) is 5.16 Å². The van der Waals surface area contributed by atoms with Crippen molar-refractivity contribution in [3.05, 3.63) is 44.8 Å².